The Morgan fingerprint density at radius 3 is 0.849 bits per heavy atom. The number of aliphatic carboxylic acids is 1. The number of nitrogens with zero attached hydrogens (tertiary/aromatic N) is 2. The minimum Gasteiger partial charge on any atom is -1.00 e. The van der Waals surface area contributed by atoms with Gasteiger partial charge in [0.15, 0.2) is 49.9 Å². The van der Waals surface area contributed by atoms with Crippen molar-refractivity contribution in [3.8, 4) is 0 Å². The highest BCUT2D eigenvalue weighted by molar-refractivity contribution is 6.95. The molecule has 2 rings (SSSR count). The monoisotopic (exact) mass is 1710 g/mol. The summed E-state index contributed by atoms with van der Waals surface area (Å²) < 4.78 is 94.5. The number of carbonyl (C=O) groups is 3. The van der Waals surface area contributed by atoms with Crippen molar-refractivity contribution in [2.24, 2.45) is 5.73 Å². The maximum absolute atomic E-state index is 12.5. The van der Waals surface area contributed by atoms with Crippen molar-refractivity contribution in [2.45, 2.75) is 325 Å². The molecule has 0 saturated heterocycles. The van der Waals surface area contributed by atoms with Gasteiger partial charge in [0.05, 0.1) is 20.6 Å². The summed E-state index contributed by atoms with van der Waals surface area (Å²) in [6.45, 7) is 39.6. The van der Waals surface area contributed by atoms with Gasteiger partial charge < -0.3 is 77.1 Å². The molecule has 0 aliphatic rings. The number of nitrogens with two attached hydrogens (primary N) is 1. The zero-order chi connectivity index (χ0) is 81.1. The molecule has 4 N–H and O–H groups in total. The van der Waals surface area contributed by atoms with Crippen molar-refractivity contribution >= 4 is 120 Å². The van der Waals surface area contributed by atoms with Crippen LogP contribution in [0, 0.1) is 13.8 Å². The number of quaternary nitrogens is 1. The number of nitrogens with one attached hydrogen (secondary N) is 1. The maximum atomic E-state index is 12.5. The molecule has 0 aliphatic heterocycles. The van der Waals surface area contributed by atoms with E-state index in [9.17, 15) is 41.2 Å². The third-order valence-electron chi connectivity index (χ3n) is 17.1. The summed E-state index contributed by atoms with van der Waals surface area (Å²) in [7, 11) is -9.49. The number of aryl methyl sites for hydroxylation is 2. The van der Waals surface area contributed by atoms with E-state index in [4.69, 9.17) is 23.2 Å². The molecule has 0 bridgehead atoms. The highest BCUT2D eigenvalue weighted by Crippen LogP contribution is 2.33. The zero-order valence-electron chi connectivity index (χ0n) is 71.8. The molecular weight excluding hydrogens is 1550 g/mol. The third kappa shape index (κ3) is 74.1. The van der Waals surface area contributed by atoms with Gasteiger partial charge >= 0.3 is 5.97 Å². The molecule has 0 atom stereocenters. The molecular formula is C76H159ClN4O13Si12. The summed E-state index contributed by atoms with van der Waals surface area (Å²) >= 11 is 0. The van der Waals surface area contributed by atoms with Crippen LogP contribution < -0.4 is 23.0 Å². The van der Waals surface area contributed by atoms with E-state index in [2.05, 4.69) is 135 Å². The Morgan fingerprint density at radius 1 is 0.396 bits per heavy atom. The van der Waals surface area contributed by atoms with Crippen LogP contribution in [-0.4, -0.2) is 203 Å². The average Bonchev–Trinajstić information content (AvgIpc) is 0.840. The summed E-state index contributed by atoms with van der Waals surface area (Å²) in [6, 6.07) is 27.5. The van der Waals surface area contributed by atoms with E-state index < -0.39 is 108 Å². The van der Waals surface area contributed by atoms with Crippen LogP contribution in [0.4, 0.5) is 0 Å². The molecule has 0 heterocycles. The first-order valence-electron chi connectivity index (χ1n) is 40.2. The molecule has 0 unspecified atom stereocenters. The number of rotatable bonds is 55. The topological polar surface area (TPSA) is 238 Å². The summed E-state index contributed by atoms with van der Waals surface area (Å²) in [5.41, 5.74) is 12.4. The van der Waals surface area contributed by atoms with Crippen LogP contribution in [-0.2, 0) is 53.5 Å². The Morgan fingerprint density at radius 2 is 0.642 bits per heavy atom. The number of ketones is 2. The SMILES string of the molecule is CC[Si](=O)C[Si](CCCCC(=O)CCCCCN(C)C)(C[Si](=O)CC)O[Si](C)(C)C.CC[Si](=O)C[Si](CCCCC(=O)CCCCC[NH+](C)C)(C[Si](=O)CC)O[Si](C)(C)C.CC[Si](=O)C[Si](CCCN)(C[Si](=O)CC)O[Si](C)(C)C.CN(C)CCCCCC(=O)O.Cc1ccccc1.Cc1ccccc1.[Cl-]. The van der Waals surface area contributed by atoms with Crippen LogP contribution in [0.2, 0.25) is 147 Å². The fourth-order valence-electron chi connectivity index (χ4n) is 12.0. The van der Waals surface area contributed by atoms with Crippen molar-refractivity contribution in [3.63, 3.8) is 0 Å². The summed E-state index contributed by atoms with van der Waals surface area (Å²) in [5, 5.41) is 8.31. The molecule has 0 spiro atoms. The number of hydrogen-bond donors (Lipinski definition) is 3. The number of benzene rings is 2. The molecule has 0 fully saturated rings. The number of carbonyl (C=O) groups excluding carboxylic acids is 2. The lowest BCUT2D eigenvalue weighted by atomic mass is 10.1. The third-order valence-corrected chi connectivity index (χ3v) is 63.1. The van der Waals surface area contributed by atoms with Crippen LogP contribution in [0.25, 0.3) is 0 Å². The minimum absolute atomic E-state index is 0. The number of carboxylic acids is 1. The van der Waals surface area contributed by atoms with Crippen LogP contribution in [0.5, 0.6) is 0 Å². The number of Topliss-reactive ketones (excluding diaryl/α,β-unsaturated/α-hetero) is 2. The average molecular weight is 1710 g/mol. The molecule has 0 aliphatic carbocycles. The summed E-state index contributed by atoms with van der Waals surface area (Å²) in [4.78, 5) is 40.3. The van der Waals surface area contributed by atoms with E-state index in [1.165, 1.54) is 29.0 Å². The number of carboxylic acid groups (broad SMARTS) is 1. The highest BCUT2D eigenvalue weighted by atomic mass is 35.5. The zero-order valence-corrected chi connectivity index (χ0v) is 84.6. The van der Waals surface area contributed by atoms with E-state index in [1.54, 1.807) is 0 Å². The van der Waals surface area contributed by atoms with Gasteiger partial charge in [-0.25, -0.2) is 0 Å². The van der Waals surface area contributed by atoms with Crippen LogP contribution >= 0.6 is 0 Å². The summed E-state index contributed by atoms with van der Waals surface area (Å²) in [5.74, 6) is 0.0483. The number of halogens is 1. The van der Waals surface area contributed by atoms with Crippen LogP contribution in [0.3, 0.4) is 0 Å². The Labute approximate surface area is 671 Å². The van der Waals surface area contributed by atoms with E-state index in [1.807, 2.05) is 92.0 Å². The molecule has 0 aromatic heterocycles. The van der Waals surface area contributed by atoms with Gasteiger partial charge in [-0.2, -0.15) is 0 Å². The molecule has 0 amide bonds. The van der Waals surface area contributed by atoms with Gasteiger partial charge in [-0.1, -0.05) is 139 Å². The van der Waals surface area contributed by atoms with Crippen molar-refractivity contribution in [3.05, 3.63) is 71.8 Å². The van der Waals surface area contributed by atoms with Gasteiger partial charge in [0.25, 0.3) is 52.1 Å². The molecule has 2 aromatic rings. The van der Waals surface area contributed by atoms with E-state index in [0.29, 0.717) is 108 Å². The minimum atomic E-state index is -2.31. The fraction of sp³-hybridized carbons (Fsp3) is 0.803. The normalized spacial score (nSPS) is 11.6. The van der Waals surface area contributed by atoms with Crippen molar-refractivity contribution in [1.82, 2.24) is 9.80 Å². The van der Waals surface area contributed by atoms with Crippen molar-refractivity contribution in [2.75, 3.05) is 68.5 Å². The van der Waals surface area contributed by atoms with Gasteiger partial charge in [-0.3, -0.25) is 14.4 Å². The smallest absolute Gasteiger partial charge is 0.303 e. The fourth-order valence-corrected chi connectivity index (χ4v) is 69.5. The van der Waals surface area contributed by atoms with Gasteiger partial charge in [0.2, 0.25) is 0 Å². The Bertz CT molecular complexity index is 2470. The Hall–Kier alpha value is -1.34. The molecule has 30 heteroatoms. The highest BCUT2D eigenvalue weighted by Gasteiger charge is 2.45. The molecule has 0 saturated carbocycles. The number of hydrogen-bond acceptors (Lipinski definition) is 15. The lowest BCUT2D eigenvalue weighted by molar-refractivity contribution is -0.858. The largest absolute Gasteiger partial charge is 1.00 e. The molecule has 0 radical (unpaired) electrons. The quantitative estimate of drug-likeness (QED) is 0.0412. The van der Waals surface area contributed by atoms with E-state index in [0.717, 1.165) is 127 Å². The molecule has 616 valence electrons. The Balaban J connectivity index is -0.000000414. The van der Waals surface area contributed by atoms with Gasteiger partial charge in [0.1, 0.15) is 11.6 Å². The second-order valence-corrected chi connectivity index (χ2v) is 75.6. The van der Waals surface area contributed by atoms with E-state index >= 15 is 0 Å². The Kier molecular flexibility index (Phi) is 71.6. The predicted octanol–water partition coefficient (Wildman–Crippen LogP) is 15.1. The first-order valence-corrected chi connectivity index (χ1v) is 69.0. The van der Waals surface area contributed by atoms with Crippen LogP contribution in [0.15, 0.2) is 60.7 Å². The second-order valence-electron chi connectivity index (χ2n) is 32.7. The lowest BCUT2D eigenvalue weighted by Crippen LogP contribution is -3.05. The molecule has 2 aromatic carbocycles. The first kappa shape index (κ1) is 113. The van der Waals surface area contributed by atoms with Gasteiger partial charge in [-0.05, 0) is 239 Å². The predicted molar refractivity (Wildman–Crippen MR) is 467 cm³/mol. The van der Waals surface area contributed by atoms with Gasteiger partial charge in [-0.15, -0.1) is 0 Å². The summed E-state index contributed by atoms with van der Waals surface area (Å²) in [6.07, 6.45) is 17.0. The lowest BCUT2D eigenvalue weighted by Gasteiger charge is -2.37. The standard InChI is InChI=1S/2C21H47NO4Si4.C12H31NO3Si4.C8H17NO2.2C7H8.ClH/c2*1-8-27(24)19-30(20-28(25)9-2,26-29(5,6)7)18-14-12-16-21(23)15-11-10-13-17-22(3)4;1-6-17(14)11-20(10-8-9-13,12-18(15)7-2)16-19(3,4)5;1-9(2)7-5-3-4-6-8(10)11;2*1-7-5-3-2-4-6-7;/h2*8-20H2,1-7H3;6-13H2,1-5H3;3-7H2,1-2H3,(H,10,11);2*2-6H,1H3;1H. The van der Waals surface area contributed by atoms with E-state index in [-0.39, 0.29) is 12.4 Å². The first-order chi connectivity index (χ1) is 48.9. The van der Waals surface area contributed by atoms with Gasteiger partial charge in [0, 0.05) is 66.1 Å². The molecule has 17 nitrogen and oxygen atoms in total. The van der Waals surface area contributed by atoms with Crippen molar-refractivity contribution in [1.29, 1.82) is 0 Å². The van der Waals surface area contributed by atoms with Crippen LogP contribution in [0.1, 0.15) is 175 Å². The maximum Gasteiger partial charge on any atom is 0.303 e. The number of unbranched alkanes of at least 4 members (excludes halogenated alkanes) is 8. The van der Waals surface area contributed by atoms with Crippen molar-refractivity contribution < 1.29 is 75.9 Å². The molecule has 106 heavy (non-hydrogen) atoms. The second kappa shape index (κ2) is 67.0.